The van der Waals surface area contributed by atoms with Gasteiger partial charge in [0, 0.05) is 18.8 Å². The van der Waals surface area contributed by atoms with Crippen molar-refractivity contribution in [2.75, 3.05) is 6.61 Å². The summed E-state index contributed by atoms with van der Waals surface area (Å²) in [5.41, 5.74) is 0.513. The summed E-state index contributed by atoms with van der Waals surface area (Å²) < 4.78 is 7.19. The van der Waals surface area contributed by atoms with E-state index in [1.54, 1.807) is 35.0 Å². The first kappa shape index (κ1) is 12.9. The van der Waals surface area contributed by atoms with Crippen LogP contribution in [0.1, 0.15) is 12.0 Å². The fourth-order valence-electron chi connectivity index (χ4n) is 1.75. The van der Waals surface area contributed by atoms with Gasteiger partial charge >= 0.3 is 0 Å². The highest BCUT2D eigenvalue weighted by Gasteiger charge is 2.01. The molecule has 96 valence electrons. The molecule has 0 unspecified atom stereocenters. The van der Waals surface area contributed by atoms with Gasteiger partial charge in [-0.15, -0.1) is 0 Å². The van der Waals surface area contributed by atoms with E-state index >= 15 is 0 Å². The number of aryl methyl sites for hydroxylation is 1. The van der Waals surface area contributed by atoms with Crippen LogP contribution in [0.5, 0.6) is 5.75 Å². The van der Waals surface area contributed by atoms with Crippen LogP contribution in [0.3, 0.4) is 0 Å². The van der Waals surface area contributed by atoms with E-state index in [0.29, 0.717) is 30.9 Å². The number of benzene rings is 1. The summed E-state index contributed by atoms with van der Waals surface area (Å²) in [5.74, 6) is 0.588. The van der Waals surface area contributed by atoms with Gasteiger partial charge in [-0.2, -0.15) is 5.26 Å². The van der Waals surface area contributed by atoms with Gasteiger partial charge in [-0.3, -0.25) is 4.79 Å². The number of aromatic nitrogens is 1. The Kier molecular flexibility index (Phi) is 4.35. The fraction of sp³-hybridized carbons (Fsp3) is 0.200. The molecule has 4 nitrogen and oxygen atoms in total. The van der Waals surface area contributed by atoms with Gasteiger partial charge in [-0.25, -0.2) is 0 Å². The molecule has 0 saturated heterocycles. The summed E-state index contributed by atoms with van der Waals surface area (Å²) in [6.45, 7) is 1.08. The zero-order valence-corrected chi connectivity index (χ0v) is 10.5. The number of nitriles is 1. The Morgan fingerprint density at radius 1 is 1.16 bits per heavy atom. The molecule has 1 heterocycles. The van der Waals surface area contributed by atoms with E-state index in [9.17, 15) is 4.79 Å². The number of hydrogen-bond donors (Lipinski definition) is 0. The van der Waals surface area contributed by atoms with E-state index in [-0.39, 0.29) is 5.56 Å². The molecule has 0 atom stereocenters. The summed E-state index contributed by atoms with van der Waals surface area (Å²) in [6, 6.07) is 14.3. The van der Waals surface area contributed by atoms with Crippen molar-refractivity contribution in [3.05, 3.63) is 64.6 Å². The Labute approximate surface area is 111 Å². The Balaban J connectivity index is 1.86. The maximum absolute atomic E-state index is 11.5. The van der Waals surface area contributed by atoms with Crippen molar-refractivity contribution in [3.8, 4) is 11.8 Å². The van der Waals surface area contributed by atoms with Gasteiger partial charge in [0.25, 0.3) is 0 Å². The van der Waals surface area contributed by atoms with Crippen LogP contribution in [0.15, 0.2) is 53.5 Å². The van der Waals surface area contributed by atoms with Crippen LogP contribution < -0.4 is 10.3 Å². The predicted octanol–water partition coefficient (Wildman–Crippen LogP) is 2.19. The van der Waals surface area contributed by atoms with E-state index in [1.807, 2.05) is 12.1 Å². The van der Waals surface area contributed by atoms with Gasteiger partial charge in [0.15, 0.2) is 0 Å². The molecule has 0 spiro atoms. The summed E-state index contributed by atoms with van der Waals surface area (Å²) in [5, 5.41) is 8.91. The lowest BCUT2D eigenvalue weighted by atomic mass is 10.2. The molecule has 2 rings (SSSR count). The lowest BCUT2D eigenvalue weighted by Crippen LogP contribution is -2.18. The Bertz CT molecular complexity index is 641. The molecule has 0 saturated carbocycles. The number of hydrogen-bond acceptors (Lipinski definition) is 3. The standard InChI is InChI=1S/C15H14N2O2/c16-12-13-6-1-2-7-14(13)19-11-5-10-17-9-4-3-8-15(17)18/h1-4,6-9H,5,10-11H2. The second-order valence-corrected chi connectivity index (χ2v) is 4.04. The molecule has 0 N–H and O–H groups in total. The highest BCUT2D eigenvalue weighted by atomic mass is 16.5. The SMILES string of the molecule is N#Cc1ccccc1OCCCn1ccccc1=O. The third-order valence-corrected chi connectivity index (χ3v) is 2.71. The smallest absolute Gasteiger partial charge is 0.250 e. The van der Waals surface area contributed by atoms with Gasteiger partial charge in [-0.1, -0.05) is 18.2 Å². The molecule has 0 radical (unpaired) electrons. The lowest BCUT2D eigenvalue weighted by Gasteiger charge is -2.08. The lowest BCUT2D eigenvalue weighted by molar-refractivity contribution is 0.300. The Morgan fingerprint density at radius 3 is 2.74 bits per heavy atom. The Morgan fingerprint density at radius 2 is 1.95 bits per heavy atom. The Hall–Kier alpha value is -2.54. The number of para-hydroxylation sites is 1. The largest absolute Gasteiger partial charge is 0.492 e. The quantitative estimate of drug-likeness (QED) is 0.768. The predicted molar refractivity (Wildman–Crippen MR) is 72.0 cm³/mol. The van der Waals surface area contributed by atoms with E-state index in [1.165, 1.54) is 6.07 Å². The fourth-order valence-corrected chi connectivity index (χ4v) is 1.75. The van der Waals surface area contributed by atoms with Gasteiger partial charge in [0.05, 0.1) is 12.2 Å². The van der Waals surface area contributed by atoms with Crippen molar-refractivity contribution < 1.29 is 4.74 Å². The zero-order valence-electron chi connectivity index (χ0n) is 10.5. The van der Waals surface area contributed by atoms with Crippen molar-refractivity contribution in [2.45, 2.75) is 13.0 Å². The molecule has 0 amide bonds. The molecule has 0 aliphatic rings. The highest BCUT2D eigenvalue weighted by molar-refractivity contribution is 5.42. The first-order chi connectivity index (χ1) is 9.31. The molecular weight excluding hydrogens is 240 g/mol. The van der Waals surface area contributed by atoms with Gasteiger partial charge < -0.3 is 9.30 Å². The first-order valence-corrected chi connectivity index (χ1v) is 6.08. The van der Waals surface area contributed by atoms with Crippen molar-refractivity contribution in [2.24, 2.45) is 0 Å². The molecule has 1 aromatic heterocycles. The minimum atomic E-state index is -0.0140. The molecule has 0 aliphatic heterocycles. The zero-order chi connectivity index (χ0) is 13.5. The van der Waals surface area contributed by atoms with Crippen molar-refractivity contribution in [1.82, 2.24) is 4.57 Å². The number of ether oxygens (including phenoxy) is 1. The molecule has 2 aromatic rings. The summed E-state index contributed by atoms with van der Waals surface area (Å²) >= 11 is 0. The average Bonchev–Trinajstić information content (AvgIpc) is 2.45. The molecule has 0 fully saturated rings. The van der Waals surface area contributed by atoms with Crippen molar-refractivity contribution >= 4 is 0 Å². The van der Waals surface area contributed by atoms with Crippen LogP contribution in [0, 0.1) is 11.3 Å². The molecular formula is C15H14N2O2. The van der Waals surface area contributed by atoms with Crippen LogP contribution in [0.25, 0.3) is 0 Å². The van der Waals surface area contributed by atoms with Crippen LogP contribution in [-0.4, -0.2) is 11.2 Å². The molecule has 0 aliphatic carbocycles. The van der Waals surface area contributed by atoms with E-state index < -0.39 is 0 Å². The maximum Gasteiger partial charge on any atom is 0.250 e. The third kappa shape index (κ3) is 3.46. The maximum atomic E-state index is 11.5. The van der Waals surface area contributed by atoms with Gasteiger partial charge in [-0.05, 0) is 24.6 Å². The van der Waals surface area contributed by atoms with Gasteiger partial charge in [0.1, 0.15) is 11.8 Å². The van der Waals surface area contributed by atoms with Crippen LogP contribution >= 0.6 is 0 Å². The monoisotopic (exact) mass is 254 g/mol. The number of rotatable bonds is 5. The number of nitrogens with zero attached hydrogens (tertiary/aromatic N) is 2. The summed E-state index contributed by atoms with van der Waals surface area (Å²) in [4.78, 5) is 11.5. The topological polar surface area (TPSA) is 55.0 Å². The average molecular weight is 254 g/mol. The van der Waals surface area contributed by atoms with Crippen LogP contribution in [-0.2, 0) is 6.54 Å². The van der Waals surface area contributed by atoms with Crippen LogP contribution in [0.2, 0.25) is 0 Å². The van der Waals surface area contributed by atoms with Crippen LogP contribution in [0.4, 0.5) is 0 Å². The second-order valence-electron chi connectivity index (χ2n) is 4.04. The summed E-state index contributed by atoms with van der Waals surface area (Å²) in [7, 11) is 0. The minimum Gasteiger partial charge on any atom is -0.492 e. The third-order valence-electron chi connectivity index (χ3n) is 2.71. The molecule has 4 heteroatoms. The normalized spacial score (nSPS) is 9.84. The number of pyridine rings is 1. The van der Waals surface area contributed by atoms with E-state index in [2.05, 4.69) is 6.07 Å². The summed E-state index contributed by atoms with van der Waals surface area (Å²) in [6.07, 6.45) is 2.47. The molecule has 1 aromatic carbocycles. The highest BCUT2D eigenvalue weighted by Crippen LogP contribution is 2.16. The van der Waals surface area contributed by atoms with Crippen molar-refractivity contribution in [1.29, 1.82) is 5.26 Å². The molecule has 0 bridgehead atoms. The molecule has 19 heavy (non-hydrogen) atoms. The van der Waals surface area contributed by atoms with E-state index in [0.717, 1.165) is 0 Å². The van der Waals surface area contributed by atoms with Crippen molar-refractivity contribution in [3.63, 3.8) is 0 Å². The van der Waals surface area contributed by atoms with E-state index in [4.69, 9.17) is 10.00 Å². The minimum absolute atomic E-state index is 0.0140. The second kappa shape index (κ2) is 6.41. The van der Waals surface area contributed by atoms with Gasteiger partial charge in [0.2, 0.25) is 5.56 Å². The first-order valence-electron chi connectivity index (χ1n) is 6.08.